The predicted octanol–water partition coefficient (Wildman–Crippen LogP) is 3.87. The second-order valence-corrected chi connectivity index (χ2v) is 9.62. The van der Waals surface area contributed by atoms with E-state index >= 15 is 0 Å². The Balaban J connectivity index is 1.75. The number of likely N-dealkylation sites (tertiary alicyclic amines) is 1. The van der Waals surface area contributed by atoms with Crippen molar-refractivity contribution in [3.8, 4) is 0 Å². The van der Waals surface area contributed by atoms with Gasteiger partial charge in [-0.15, -0.1) is 0 Å². The molecule has 1 aromatic carbocycles. The van der Waals surface area contributed by atoms with Crippen LogP contribution in [0.2, 0.25) is 5.02 Å². The zero-order valence-electron chi connectivity index (χ0n) is 17.7. The number of nitrogens with one attached hydrogen (secondary N) is 1. The van der Waals surface area contributed by atoms with Crippen LogP contribution in [0.5, 0.6) is 0 Å². The minimum absolute atomic E-state index is 0.00536. The third-order valence-corrected chi connectivity index (χ3v) is 7.09. The number of halogens is 1. The Morgan fingerprint density at radius 2 is 1.86 bits per heavy atom. The summed E-state index contributed by atoms with van der Waals surface area (Å²) in [7, 11) is 0. The molecule has 1 aliphatic heterocycles. The van der Waals surface area contributed by atoms with E-state index in [1.165, 1.54) is 0 Å². The molecule has 2 aliphatic rings. The highest BCUT2D eigenvalue weighted by molar-refractivity contribution is 6.30. The fourth-order valence-corrected chi connectivity index (χ4v) is 5.04. The smallest absolute Gasteiger partial charge is 0.227 e. The summed E-state index contributed by atoms with van der Waals surface area (Å²) < 4.78 is 0. The van der Waals surface area contributed by atoms with Crippen molar-refractivity contribution in [2.24, 2.45) is 11.3 Å². The van der Waals surface area contributed by atoms with Crippen molar-refractivity contribution < 1.29 is 14.7 Å². The monoisotopic (exact) mass is 420 g/mol. The fourth-order valence-electron chi connectivity index (χ4n) is 4.91. The Kier molecular flexibility index (Phi) is 6.59. The molecule has 1 saturated heterocycles. The summed E-state index contributed by atoms with van der Waals surface area (Å²) >= 11 is 6.01. The molecule has 1 aliphatic carbocycles. The van der Waals surface area contributed by atoms with E-state index in [0.29, 0.717) is 31.0 Å². The van der Waals surface area contributed by atoms with E-state index in [1.807, 2.05) is 37.8 Å². The number of hydrogen-bond acceptors (Lipinski definition) is 3. The van der Waals surface area contributed by atoms with Crippen LogP contribution in [0.4, 0.5) is 0 Å². The van der Waals surface area contributed by atoms with Gasteiger partial charge in [0.25, 0.3) is 0 Å². The maximum atomic E-state index is 13.4. The molecule has 2 N–H and O–H groups in total. The van der Waals surface area contributed by atoms with Gasteiger partial charge in [-0.1, -0.05) is 57.3 Å². The number of aliphatic hydroxyl groups is 1. The highest BCUT2D eigenvalue weighted by Gasteiger charge is 2.50. The van der Waals surface area contributed by atoms with E-state index in [9.17, 15) is 14.7 Å². The van der Waals surface area contributed by atoms with Crippen LogP contribution < -0.4 is 5.32 Å². The molecule has 6 heteroatoms. The van der Waals surface area contributed by atoms with Crippen LogP contribution in [0, 0.1) is 11.3 Å². The first-order valence-corrected chi connectivity index (χ1v) is 11.1. The van der Waals surface area contributed by atoms with Gasteiger partial charge in [0.1, 0.15) is 0 Å². The number of carbonyl (C=O) groups is 2. The third kappa shape index (κ3) is 4.46. The van der Waals surface area contributed by atoms with Crippen molar-refractivity contribution in [3.63, 3.8) is 0 Å². The summed E-state index contributed by atoms with van der Waals surface area (Å²) in [5.41, 5.74) is -0.688. The summed E-state index contributed by atoms with van der Waals surface area (Å²) in [5.74, 6) is -0.0557. The number of piperidine rings is 1. The van der Waals surface area contributed by atoms with Gasteiger partial charge < -0.3 is 15.3 Å². The normalized spacial score (nSPS) is 29.3. The van der Waals surface area contributed by atoms with Crippen molar-refractivity contribution >= 4 is 23.4 Å². The summed E-state index contributed by atoms with van der Waals surface area (Å²) in [6.07, 6.45) is 4.63. The minimum atomic E-state index is -1.02. The number of benzene rings is 1. The fraction of sp³-hybridized carbons (Fsp3) is 0.652. The van der Waals surface area contributed by atoms with Gasteiger partial charge >= 0.3 is 0 Å². The summed E-state index contributed by atoms with van der Waals surface area (Å²) in [6, 6.07) is 7.26. The molecule has 3 atom stereocenters. The van der Waals surface area contributed by atoms with Gasteiger partial charge in [0.2, 0.25) is 11.8 Å². The van der Waals surface area contributed by atoms with Crippen molar-refractivity contribution in [3.05, 3.63) is 34.9 Å². The Morgan fingerprint density at radius 1 is 1.21 bits per heavy atom. The first-order valence-electron chi connectivity index (χ1n) is 10.7. The van der Waals surface area contributed by atoms with Crippen LogP contribution in [0.15, 0.2) is 24.3 Å². The zero-order valence-corrected chi connectivity index (χ0v) is 18.5. The maximum Gasteiger partial charge on any atom is 0.227 e. The van der Waals surface area contributed by atoms with Crippen molar-refractivity contribution in [2.75, 3.05) is 13.1 Å². The first-order chi connectivity index (χ1) is 13.7. The van der Waals surface area contributed by atoms with E-state index in [1.54, 1.807) is 12.1 Å². The molecule has 0 spiro atoms. The third-order valence-electron chi connectivity index (χ3n) is 6.83. The Hall–Kier alpha value is -1.59. The molecule has 0 radical (unpaired) electrons. The Morgan fingerprint density at radius 3 is 2.48 bits per heavy atom. The zero-order chi connectivity index (χ0) is 21.2. The van der Waals surface area contributed by atoms with Gasteiger partial charge in [0, 0.05) is 36.0 Å². The Bertz CT molecular complexity index is 749. The second-order valence-electron chi connectivity index (χ2n) is 9.18. The number of amides is 2. The first kappa shape index (κ1) is 22.1. The van der Waals surface area contributed by atoms with Gasteiger partial charge in [0.15, 0.2) is 0 Å². The minimum Gasteiger partial charge on any atom is -0.384 e. The van der Waals surface area contributed by atoms with Crippen LogP contribution in [0.3, 0.4) is 0 Å². The lowest BCUT2D eigenvalue weighted by molar-refractivity contribution is -0.158. The molecule has 1 saturated carbocycles. The molecule has 0 aromatic heterocycles. The quantitative estimate of drug-likeness (QED) is 0.776. The van der Waals surface area contributed by atoms with Gasteiger partial charge in [-0.25, -0.2) is 0 Å². The van der Waals surface area contributed by atoms with Crippen LogP contribution in [0.25, 0.3) is 0 Å². The van der Waals surface area contributed by atoms with Crippen molar-refractivity contribution in [1.29, 1.82) is 0 Å². The lowest BCUT2D eigenvalue weighted by atomic mass is 9.66. The average molecular weight is 421 g/mol. The molecule has 5 nitrogen and oxygen atoms in total. The predicted molar refractivity (Wildman–Crippen MR) is 115 cm³/mol. The van der Waals surface area contributed by atoms with E-state index in [-0.39, 0.29) is 23.8 Å². The van der Waals surface area contributed by atoms with Gasteiger partial charge in [-0.2, -0.15) is 0 Å². The van der Waals surface area contributed by atoms with Crippen LogP contribution in [-0.4, -0.2) is 41.0 Å². The molecule has 2 fully saturated rings. The molecular weight excluding hydrogens is 388 g/mol. The van der Waals surface area contributed by atoms with E-state index in [4.69, 9.17) is 11.6 Å². The van der Waals surface area contributed by atoms with Crippen LogP contribution in [0.1, 0.15) is 64.9 Å². The molecule has 1 aromatic rings. The molecule has 29 heavy (non-hydrogen) atoms. The largest absolute Gasteiger partial charge is 0.384 e. The van der Waals surface area contributed by atoms with Crippen molar-refractivity contribution in [2.45, 2.75) is 70.9 Å². The Labute approximate surface area is 178 Å². The highest BCUT2D eigenvalue weighted by atomic mass is 35.5. The topological polar surface area (TPSA) is 69.6 Å². The van der Waals surface area contributed by atoms with E-state index in [2.05, 4.69) is 5.32 Å². The number of nitrogens with zero attached hydrogens (tertiary/aromatic N) is 1. The highest BCUT2D eigenvalue weighted by Crippen LogP contribution is 2.46. The van der Waals surface area contributed by atoms with Crippen LogP contribution in [-0.2, 0) is 15.2 Å². The second kappa shape index (κ2) is 8.65. The average Bonchev–Trinajstić information content (AvgIpc) is 2.70. The van der Waals surface area contributed by atoms with Gasteiger partial charge in [0.05, 0.1) is 11.5 Å². The number of carbonyl (C=O) groups excluding carboxylic acids is 2. The molecule has 0 unspecified atom stereocenters. The summed E-state index contributed by atoms with van der Waals surface area (Å²) in [6.45, 7) is 6.85. The molecule has 160 valence electrons. The lowest BCUT2D eigenvalue weighted by Crippen LogP contribution is -2.59. The molecular formula is C23H33ClN2O3. The molecule has 2 amide bonds. The standard InChI is InChI=1S/C23H33ClN2O3/c1-4-20(27)25-19-8-6-5-7-18(19)21(28)26-14-13-23(29,22(2,3)15-26)16-9-11-17(24)12-10-16/h9-12,18-19,29H,4-8,13-15H2,1-3H3,(H,25,27)/t18-,19+,23-/m0/s1. The summed E-state index contributed by atoms with van der Waals surface area (Å²) in [5, 5.41) is 15.2. The number of hydrogen-bond donors (Lipinski definition) is 2. The van der Waals surface area contributed by atoms with Crippen molar-refractivity contribution in [1.82, 2.24) is 10.2 Å². The van der Waals surface area contributed by atoms with Gasteiger partial charge in [-0.05, 0) is 37.0 Å². The lowest BCUT2D eigenvalue weighted by Gasteiger charge is -2.51. The molecule has 1 heterocycles. The van der Waals surface area contributed by atoms with E-state index in [0.717, 1.165) is 31.2 Å². The van der Waals surface area contributed by atoms with Crippen LogP contribution >= 0.6 is 11.6 Å². The number of rotatable bonds is 4. The molecule has 3 rings (SSSR count). The van der Waals surface area contributed by atoms with Gasteiger partial charge in [-0.3, -0.25) is 9.59 Å². The molecule has 0 bridgehead atoms. The summed E-state index contributed by atoms with van der Waals surface area (Å²) in [4.78, 5) is 27.2. The SMILES string of the molecule is CCC(=O)N[C@@H]1CCCC[C@@H]1C(=O)N1CC[C@](O)(c2ccc(Cl)cc2)C(C)(C)C1. The maximum absolute atomic E-state index is 13.4. The van der Waals surface area contributed by atoms with E-state index < -0.39 is 11.0 Å².